The number of benzene rings is 1. The van der Waals surface area contributed by atoms with E-state index in [9.17, 15) is 0 Å². The Morgan fingerprint density at radius 1 is 1.35 bits per heavy atom. The second-order valence-corrected chi connectivity index (χ2v) is 6.25. The lowest BCUT2D eigenvalue weighted by molar-refractivity contribution is 0.616. The number of rotatable bonds is 3. The fraction of sp³-hybridized carbons (Fsp3) is 0.294. The first-order valence-corrected chi connectivity index (χ1v) is 8.15. The van der Waals surface area contributed by atoms with Gasteiger partial charge in [0, 0.05) is 30.9 Å². The maximum Gasteiger partial charge on any atom is 0.140 e. The highest BCUT2D eigenvalue weighted by Gasteiger charge is 2.23. The zero-order chi connectivity index (χ0) is 15.8. The predicted molar refractivity (Wildman–Crippen MR) is 94.0 cm³/mol. The van der Waals surface area contributed by atoms with E-state index < -0.39 is 0 Å². The number of H-pyrrole nitrogens is 1. The van der Waals surface area contributed by atoms with Crippen LogP contribution in [0.5, 0.6) is 0 Å². The highest BCUT2D eigenvalue weighted by Crippen LogP contribution is 2.31. The van der Waals surface area contributed by atoms with Crippen LogP contribution in [0.1, 0.15) is 6.42 Å². The summed E-state index contributed by atoms with van der Waals surface area (Å²) < 4.78 is 0. The molecule has 0 bridgehead atoms. The third kappa shape index (κ3) is 2.66. The molecule has 3 aromatic rings. The smallest absolute Gasteiger partial charge is 0.140 e. The second kappa shape index (κ2) is 5.83. The van der Waals surface area contributed by atoms with Gasteiger partial charge >= 0.3 is 0 Å². The molecule has 1 aliphatic heterocycles. The van der Waals surface area contributed by atoms with Crippen molar-refractivity contribution in [1.82, 2.24) is 20.3 Å². The highest BCUT2D eigenvalue weighted by molar-refractivity contribution is 6.33. The lowest BCUT2D eigenvalue weighted by atomic mass is 10.2. The SMILES string of the molecule is CNC1CCN(c2cc(-c3nc4ccccc4[nH]3)c(Cl)cn2)C1. The summed E-state index contributed by atoms with van der Waals surface area (Å²) in [6.07, 6.45) is 2.84. The van der Waals surface area contributed by atoms with Gasteiger partial charge in [0.05, 0.1) is 16.1 Å². The maximum absolute atomic E-state index is 6.37. The molecule has 0 saturated carbocycles. The standard InChI is InChI=1S/C17H18ClN5/c1-19-11-6-7-23(10-11)16-8-12(13(18)9-20-16)17-21-14-4-2-3-5-15(14)22-17/h2-5,8-9,11,19H,6-7,10H2,1H3,(H,21,22). The number of halogens is 1. The number of fused-ring (bicyclic) bond motifs is 1. The van der Waals surface area contributed by atoms with E-state index in [-0.39, 0.29) is 0 Å². The Labute approximate surface area is 139 Å². The number of likely N-dealkylation sites (N-methyl/N-ethyl adjacent to an activating group) is 1. The normalized spacial score (nSPS) is 18.0. The number of pyridine rings is 1. The second-order valence-electron chi connectivity index (χ2n) is 5.85. The molecule has 4 rings (SSSR count). The van der Waals surface area contributed by atoms with Crippen LogP contribution in [0.3, 0.4) is 0 Å². The Balaban J connectivity index is 1.72. The number of anilines is 1. The number of para-hydroxylation sites is 2. The summed E-state index contributed by atoms with van der Waals surface area (Å²) in [5.41, 5.74) is 2.84. The third-order valence-electron chi connectivity index (χ3n) is 4.41. The van der Waals surface area contributed by atoms with E-state index in [1.54, 1.807) is 6.20 Å². The average Bonchev–Trinajstić information content (AvgIpc) is 3.21. The third-order valence-corrected chi connectivity index (χ3v) is 4.71. The lowest BCUT2D eigenvalue weighted by Gasteiger charge is -2.18. The minimum atomic E-state index is 0.516. The molecule has 1 saturated heterocycles. The first kappa shape index (κ1) is 14.5. The van der Waals surface area contributed by atoms with Gasteiger partial charge in [0.1, 0.15) is 11.6 Å². The van der Waals surface area contributed by atoms with Crippen LogP contribution in [0.15, 0.2) is 36.5 Å². The molecule has 1 aliphatic rings. The first-order valence-electron chi connectivity index (χ1n) is 7.77. The van der Waals surface area contributed by atoms with Crippen LogP contribution in [0.25, 0.3) is 22.4 Å². The number of aromatic nitrogens is 3. The Kier molecular flexibility index (Phi) is 3.67. The van der Waals surface area contributed by atoms with Crippen molar-refractivity contribution in [3.63, 3.8) is 0 Å². The van der Waals surface area contributed by atoms with Gasteiger partial charge in [0.25, 0.3) is 0 Å². The van der Waals surface area contributed by atoms with Crippen molar-refractivity contribution in [2.75, 3.05) is 25.0 Å². The Morgan fingerprint density at radius 3 is 3.00 bits per heavy atom. The van der Waals surface area contributed by atoms with E-state index in [1.165, 1.54) is 0 Å². The molecule has 2 aromatic heterocycles. The Morgan fingerprint density at radius 2 is 2.22 bits per heavy atom. The molecule has 2 N–H and O–H groups in total. The molecule has 5 nitrogen and oxygen atoms in total. The summed E-state index contributed by atoms with van der Waals surface area (Å²) in [5.74, 6) is 1.73. The fourth-order valence-corrected chi connectivity index (χ4v) is 3.26. The van der Waals surface area contributed by atoms with Crippen molar-refractivity contribution in [3.05, 3.63) is 41.6 Å². The van der Waals surface area contributed by atoms with Crippen molar-refractivity contribution >= 4 is 28.5 Å². The van der Waals surface area contributed by atoms with Crippen molar-refractivity contribution in [2.45, 2.75) is 12.5 Å². The molecule has 0 amide bonds. The number of nitrogens with zero attached hydrogens (tertiary/aromatic N) is 3. The molecule has 1 unspecified atom stereocenters. The summed E-state index contributed by atoms with van der Waals surface area (Å²) in [4.78, 5) is 14.8. The summed E-state index contributed by atoms with van der Waals surface area (Å²) in [6, 6.07) is 10.5. The van der Waals surface area contributed by atoms with E-state index in [0.29, 0.717) is 11.1 Å². The average molecular weight is 328 g/mol. The molecule has 0 spiro atoms. The number of hydrogen-bond acceptors (Lipinski definition) is 4. The van der Waals surface area contributed by atoms with Crippen LogP contribution < -0.4 is 10.2 Å². The summed E-state index contributed by atoms with van der Waals surface area (Å²) in [5, 5.41) is 3.93. The molecule has 1 atom stereocenters. The summed E-state index contributed by atoms with van der Waals surface area (Å²) >= 11 is 6.37. The van der Waals surface area contributed by atoms with E-state index in [1.807, 2.05) is 37.4 Å². The number of imidazole rings is 1. The van der Waals surface area contributed by atoms with Gasteiger partial charge in [0.2, 0.25) is 0 Å². The molecule has 1 aromatic carbocycles. The molecule has 1 fully saturated rings. The molecule has 3 heterocycles. The van der Waals surface area contributed by atoms with Crippen molar-refractivity contribution in [1.29, 1.82) is 0 Å². The molecular formula is C17H18ClN5. The van der Waals surface area contributed by atoms with Gasteiger partial charge in [-0.2, -0.15) is 0 Å². The van der Waals surface area contributed by atoms with Crippen LogP contribution in [-0.2, 0) is 0 Å². The summed E-state index contributed by atoms with van der Waals surface area (Å²) in [7, 11) is 2.00. The first-order chi connectivity index (χ1) is 11.2. The maximum atomic E-state index is 6.37. The molecule has 23 heavy (non-hydrogen) atoms. The van der Waals surface area contributed by atoms with Crippen molar-refractivity contribution < 1.29 is 0 Å². The number of hydrogen-bond donors (Lipinski definition) is 2. The zero-order valence-corrected chi connectivity index (χ0v) is 13.6. The predicted octanol–water partition coefficient (Wildman–Crippen LogP) is 3.08. The van der Waals surface area contributed by atoms with Crippen molar-refractivity contribution in [3.8, 4) is 11.4 Å². The minimum Gasteiger partial charge on any atom is -0.355 e. The van der Waals surface area contributed by atoms with Gasteiger partial charge in [-0.1, -0.05) is 23.7 Å². The highest BCUT2D eigenvalue weighted by atomic mass is 35.5. The molecule has 118 valence electrons. The van der Waals surface area contributed by atoms with E-state index in [0.717, 1.165) is 47.7 Å². The lowest BCUT2D eigenvalue weighted by Crippen LogP contribution is -2.29. The van der Waals surface area contributed by atoms with Crippen LogP contribution in [-0.4, -0.2) is 41.1 Å². The molecule has 6 heteroatoms. The number of nitrogens with one attached hydrogen (secondary N) is 2. The number of aromatic amines is 1. The van der Waals surface area contributed by atoms with Crippen LogP contribution >= 0.6 is 11.6 Å². The van der Waals surface area contributed by atoms with E-state index >= 15 is 0 Å². The monoisotopic (exact) mass is 327 g/mol. The fourth-order valence-electron chi connectivity index (χ4n) is 3.07. The van der Waals surface area contributed by atoms with Gasteiger partial charge in [-0.25, -0.2) is 9.97 Å². The van der Waals surface area contributed by atoms with Gasteiger partial charge < -0.3 is 15.2 Å². The topological polar surface area (TPSA) is 56.8 Å². The van der Waals surface area contributed by atoms with Crippen LogP contribution in [0.4, 0.5) is 5.82 Å². The van der Waals surface area contributed by atoms with Crippen LogP contribution in [0, 0.1) is 0 Å². The summed E-state index contributed by atoms with van der Waals surface area (Å²) in [6.45, 7) is 1.96. The Bertz CT molecular complexity index is 811. The largest absolute Gasteiger partial charge is 0.355 e. The van der Waals surface area contributed by atoms with E-state index in [4.69, 9.17) is 11.6 Å². The molecule has 0 radical (unpaired) electrons. The van der Waals surface area contributed by atoms with Crippen molar-refractivity contribution in [2.24, 2.45) is 0 Å². The van der Waals surface area contributed by atoms with Gasteiger partial charge in [-0.15, -0.1) is 0 Å². The van der Waals surface area contributed by atoms with Gasteiger partial charge in [-0.3, -0.25) is 0 Å². The Hall–Kier alpha value is -2.11. The van der Waals surface area contributed by atoms with Gasteiger partial charge in [-0.05, 0) is 31.7 Å². The van der Waals surface area contributed by atoms with Crippen LogP contribution in [0.2, 0.25) is 5.02 Å². The zero-order valence-electron chi connectivity index (χ0n) is 12.9. The molecule has 0 aliphatic carbocycles. The molecular weight excluding hydrogens is 310 g/mol. The minimum absolute atomic E-state index is 0.516. The quantitative estimate of drug-likeness (QED) is 0.776. The van der Waals surface area contributed by atoms with E-state index in [2.05, 4.69) is 25.2 Å². The van der Waals surface area contributed by atoms with Gasteiger partial charge in [0.15, 0.2) is 0 Å².